The van der Waals surface area contributed by atoms with Crippen LogP contribution in [-0.2, 0) is 19.2 Å². The number of halogens is 2. The molecule has 0 saturated carbocycles. The number of benzene rings is 1. The second-order valence-corrected chi connectivity index (χ2v) is 6.43. The lowest BCUT2D eigenvalue weighted by atomic mass is 10.3. The van der Waals surface area contributed by atoms with Gasteiger partial charge in [0.15, 0.2) is 0 Å². The molecule has 134 valence electrons. The van der Waals surface area contributed by atoms with Crippen LogP contribution in [0.4, 0.5) is 5.69 Å². The highest BCUT2D eigenvalue weighted by Crippen LogP contribution is 2.24. The molecule has 0 bridgehead atoms. The number of carbonyl (C=O) groups excluding carboxylic acids is 4. The number of imide groups is 1. The van der Waals surface area contributed by atoms with Crippen molar-refractivity contribution in [3.8, 4) is 0 Å². The number of likely N-dealkylation sites (tertiary alicyclic amines) is 1. The first-order chi connectivity index (χ1) is 11.8. The van der Waals surface area contributed by atoms with Gasteiger partial charge in [0, 0.05) is 38.5 Å². The number of hydrogen-bond acceptors (Lipinski definition) is 4. The van der Waals surface area contributed by atoms with E-state index in [1.54, 1.807) is 12.1 Å². The summed E-state index contributed by atoms with van der Waals surface area (Å²) in [5.41, 5.74) is 0.466. The van der Waals surface area contributed by atoms with Crippen LogP contribution in [0.3, 0.4) is 0 Å². The van der Waals surface area contributed by atoms with E-state index in [-0.39, 0.29) is 50.1 Å². The molecule has 1 N–H and O–H groups in total. The van der Waals surface area contributed by atoms with Gasteiger partial charge in [-0.3, -0.25) is 24.1 Å². The summed E-state index contributed by atoms with van der Waals surface area (Å²) < 4.78 is 0. The summed E-state index contributed by atoms with van der Waals surface area (Å²) in [6.07, 6.45) is 0.359. The van der Waals surface area contributed by atoms with E-state index >= 15 is 0 Å². The van der Waals surface area contributed by atoms with E-state index < -0.39 is 5.91 Å². The van der Waals surface area contributed by atoms with E-state index in [2.05, 4.69) is 5.32 Å². The average molecular weight is 386 g/mol. The fourth-order valence-corrected chi connectivity index (χ4v) is 2.65. The zero-order chi connectivity index (χ0) is 18.6. The molecule has 1 saturated heterocycles. The van der Waals surface area contributed by atoms with E-state index in [4.69, 9.17) is 23.2 Å². The molecular weight excluding hydrogens is 369 g/mol. The van der Waals surface area contributed by atoms with Crippen LogP contribution in [0.2, 0.25) is 10.0 Å². The molecule has 0 atom stereocenters. The predicted molar refractivity (Wildman–Crippen MR) is 93.3 cm³/mol. The highest BCUT2D eigenvalue weighted by molar-refractivity contribution is 6.42. The minimum absolute atomic E-state index is 0.0198. The molecule has 2 rings (SSSR count). The zero-order valence-corrected chi connectivity index (χ0v) is 15.1. The molecule has 9 heteroatoms. The summed E-state index contributed by atoms with van der Waals surface area (Å²) in [6.45, 7) is -0.129. The number of nitrogens with zero attached hydrogens (tertiary/aromatic N) is 2. The molecule has 25 heavy (non-hydrogen) atoms. The van der Waals surface area contributed by atoms with Gasteiger partial charge in [-0.2, -0.15) is 0 Å². The van der Waals surface area contributed by atoms with Crippen molar-refractivity contribution in [2.75, 3.05) is 25.5 Å². The Hall–Kier alpha value is -2.12. The second-order valence-electron chi connectivity index (χ2n) is 5.62. The lowest BCUT2D eigenvalue weighted by molar-refractivity contribution is -0.140. The van der Waals surface area contributed by atoms with Crippen LogP contribution in [0, 0.1) is 0 Å². The number of carbonyl (C=O) groups is 4. The molecule has 1 aromatic carbocycles. The van der Waals surface area contributed by atoms with Gasteiger partial charge < -0.3 is 10.2 Å². The predicted octanol–water partition coefficient (Wildman–Crippen LogP) is 1.93. The Balaban J connectivity index is 1.81. The summed E-state index contributed by atoms with van der Waals surface area (Å²) in [4.78, 5) is 49.4. The SMILES string of the molecule is CN(CC(=O)Nc1ccc(Cl)c(Cl)c1)C(=O)CCN1C(=O)CCC1=O. The zero-order valence-electron chi connectivity index (χ0n) is 13.6. The van der Waals surface area contributed by atoms with Crippen LogP contribution in [-0.4, -0.2) is 53.6 Å². The van der Waals surface area contributed by atoms with E-state index in [0.717, 1.165) is 4.90 Å². The van der Waals surface area contributed by atoms with Crippen molar-refractivity contribution >= 4 is 52.5 Å². The molecule has 0 aromatic heterocycles. The van der Waals surface area contributed by atoms with Gasteiger partial charge in [-0.25, -0.2) is 0 Å². The first kappa shape index (κ1) is 19.2. The molecule has 7 nitrogen and oxygen atoms in total. The third-order valence-electron chi connectivity index (χ3n) is 3.71. The van der Waals surface area contributed by atoms with Gasteiger partial charge in [-0.05, 0) is 18.2 Å². The van der Waals surface area contributed by atoms with Crippen molar-refractivity contribution in [2.45, 2.75) is 19.3 Å². The summed E-state index contributed by atoms with van der Waals surface area (Å²) in [5.74, 6) is -1.27. The molecule has 1 aliphatic rings. The van der Waals surface area contributed by atoms with Gasteiger partial charge in [0.05, 0.1) is 16.6 Å². The highest BCUT2D eigenvalue weighted by Gasteiger charge is 2.29. The Bertz CT molecular complexity index is 707. The Labute approximate surface area is 154 Å². The molecule has 0 radical (unpaired) electrons. The van der Waals surface area contributed by atoms with Gasteiger partial charge in [-0.1, -0.05) is 23.2 Å². The maximum Gasteiger partial charge on any atom is 0.243 e. The van der Waals surface area contributed by atoms with E-state index in [1.807, 2.05) is 0 Å². The molecule has 0 aliphatic carbocycles. The topological polar surface area (TPSA) is 86.8 Å². The lowest BCUT2D eigenvalue weighted by Crippen LogP contribution is -2.38. The van der Waals surface area contributed by atoms with Gasteiger partial charge >= 0.3 is 0 Å². The summed E-state index contributed by atoms with van der Waals surface area (Å²) in [7, 11) is 1.48. The number of rotatable bonds is 6. The highest BCUT2D eigenvalue weighted by atomic mass is 35.5. The second kappa shape index (κ2) is 8.31. The van der Waals surface area contributed by atoms with Crippen molar-refractivity contribution in [2.24, 2.45) is 0 Å². The fraction of sp³-hybridized carbons (Fsp3) is 0.375. The van der Waals surface area contributed by atoms with Crippen LogP contribution in [0.1, 0.15) is 19.3 Å². The maximum atomic E-state index is 12.1. The minimum Gasteiger partial charge on any atom is -0.336 e. The Morgan fingerprint density at radius 3 is 2.40 bits per heavy atom. The Morgan fingerprint density at radius 2 is 1.80 bits per heavy atom. The Kier molecular flexibility index (Phi) is 6.39. The van der Waals surface area contributed by atoms with Crippen molar-refractivity contribution in [3.05, 3.63) is 28.2 Å². The summed E-state index contributed by atoms with van der Waals surface area (Å²) >= 11 is 11.7. The third-order valence-corrected chi connectivity index (χ3v) is 4.45. The average Bonchev–Trinajstić information content (AvgIpc) is 2.87. The smallest absolute Gasteiger partial charge is 0.243 e. The van der Waals surface area contributed by atoms with Crippen molar-refractivity contribution in [1.29, 1.82) is 0 Å². The quantitative estimate of drug-likeness (QED) is 0.757. The molecule has 0 unspecified atom stereocenters. The van der Waals surface area contributed by atoms with Crippen LogP contribution < -0.4 is 5.32 Å². The first-order valence-corrected chi connectivity index (χ1v) is 8.35. The first-order valence-electron chi connectivity index (χ1n) is 7.60. The lowest BCUT2D eigenvalue weighted by Gasteiger charge is -2.19. The number of anilines is 1. The van der Waals surface area contributed by atoms with Crippen LogP contribution in [0.15, 0.2) is 18.2 Å². The Morgan fingerprint density at radius 1 is 1.16 bits per heavy atom. The molecule has 1 fully saturated rings. The number of amides is 4. The largest absolute Gasteiger partial charge is 0.336 e. The summed E-state index contributed by atoms with van der Waals surface area (Å²) in [5, 5.41) is 3.29. The van der Waals surface area contributed by atoms with E-state index in [9.17, 15) is 19.2 Å². The molecule has 0 spiro atoms. The van der Waals surface area contributed by atoms with Gasteiger partial charge in [0.1, 0.15) is 0 Å². The molecule has 4 amide bonds. The molecule has 1 heterocycles. The number of nitrogens with one attached hydrogen (secondary N) is 1. The summed E-state index contributed by atoms with van der Waals surface area (Å²) in [6, 6.07) is 4.66. The standard InChI is InChI=1S/C16H17Cl2N3O4/c1-20(14(23)6-7-21-15(24)4-5-16(21)25)9-13(22)19-10-2-3-11(17)12(18)8-10/h2-3,8H,4-7,9H2,1H3,(H,19,22). The maximum absolute atomic E-state index is 12.1. The molecule has 1 aromatic rings. The van der Waals surface area contributed by atoms with E-state index in [1.165, 1.54) is 18.0 Å². The van der Waals surface area contributed by atoms with Crippen LogP contribution >= 0.6 is 23.2 Å². The van der Waals surface area contributed by atoms with Gasteiger partial charge in [0.2, 0.25) is 23.6 Å². The molecule has 1 aliphatic heterocycles. The van der Waals surface area contributed by atoms with Crippen molar-refractivity contribution in [1.82, 2.24) is 9.80 Å². The number of hydrogen-bond donors (Lipinski definition) is 1. The minimum atomic E-state index is -0.400. The fourth-order valence-electron chi connectivity index (χ4n) is 2.35. The van der Waals surface area contributed by atoms with Gasteiger partial charge in [0.25, 0.3) is 0 Å². The van der Waals surface area contributed by atoms with Gasteiger partial charge in [-0.15, -0.1) is 0 Å². The molecular formula is C16H17Cl2N3O4. The van der Waals surface area contributed by atoms with Crippen LogP contribution in [0.5, 0.6) is 0 Å². The third kappa shape index (κ3) is 5.17. The van der Waals surface area contributed by atoms with E-state index in [0.29, 0.717) is 15.7 Å². The normalized spacial score (nSPS) is 14.0. The van der Waals surface area contributed by atoms with Crippen LogP contribution in [0.25, 0.3) is 0 Å². The van der Waals surface area contributed by atoms with Crippen molar-refractivity contribution < 1.29 is 19.2 Å². The number of likely N-dealkylation sites (N-methyl/N-ethyl adjacent to an activating group) is 1. The monoisotopic (exact) mass is 385 g/mol. The van der Waals surface area contributed by atoms with Crippen molar-refractivity contribution in [3.63, 3.8) is 0 Å².